The van der Waals surface area contributed by atoms with Gasteiger partial charge in [-0.2, -0.15) is 0 Å². The summed E-state index contributed by atoms with van der Waals surface area (Å²) in [5.41, 5.74) is 6.64. The van der Waals surface area contributed by atoms with E-state index in [2.05, 4.69) is 30.3 Å². The van der Waals surface area contributed by atoms with Gasteiger partial charge in [0.25, 0.3) is 20.1 Å². The summed E-state index contributed by atoms with van der Waals surface area (Å²) in [5, 5.41) is 16.5. The fourth-order valence-electron chi connectivity index (χ4n) is 14.9. The maximum Gasteiger partial charge on any atom is 0.268 e. The summed E-state index contributed by atoms with van der Waals surface area (Å²) in [6.07, 6.45) is 0. The lowest BCUT2D eigenvalue weighted by Crippen LogP contribution is -2.65. The quantitative estimate of drug-likeness (QED) is 0.117. The van der Waals surface area contributed by atoms with Gasteiger partial charge in [-0.3, -0.25) is 5.21 Å². The van der Waals surface area contributed by atoms with Crippen LogP contribution in [0.5, 0.6) is 57.5 Å². The van der Waals surface area contributed by atoms with Gasteiger partial charge in [0.15, 0.2) is 0 Å². The van der Waals surface area contributed by atoms with Gasteiger partial charge in [0, 0.05) is 93.9 Å². The fourth-order valence-corrected chi connectivity index (χ4v) is 18.9. The summed E-state index contributed by atoms with van der Waals surface area (Å²) in [5.74, 6) is 1.39. The summed E-state index contributed by atoms with van der Waals surface area (Å²) < 4.78 is 107. The third kappa shape index (κ3) is 8.16. The molecule has 0 radical (unpaired) electrons. The topological polar surface area (TPSA) is 76.1 Å². The van der Waals surface area contributed by atoms with Crippen LogP contribution in [-0.2, 0) is 0 Å². The lowest BCUT2D eigenvalue weighted by Gasteiger charge is -2.43. The monoisotopic (exact) mass is 1300 g/mol. The van der Waals surface area contributed by atoms with Crippen molar-refractivity contribution in [3.8, 4) is 57.5 Å². The number of rotatable bonds is 8. The molecule has 95 heavy (non-hydrogen) atoms. The molecule has 1 N–H and O–H groups in total. The number of benzene rings is 12. The summed E-state index contributed by atoms with van der Waals surface area (Å²) in [7, 11) is 0. The highest BCUT2D eigenvalue weighted by molar-refractivity contribution is 8.00. The van der Waals surface area contributed by atoms with E-state index in [0.29, 0.717) is 119 Å². The lowest BCUT2D eigenvalue weighted by molar-refractivity contribution is 0.301. The van der Waals surface area contributed by atoms with Crippen molar-refractivity contribution in [2.24, 2.45) is 0 Å². The van der Waals surface area contributed by atoms with E-state index in [1.165, 1.54) is 36.4 Å². The molecule has 0 saturated carbocycles. The molecule has 450 valence electrons. The Morgan fingerprint density at radius 1 is 0.358 bits per heavy atom. The predicted octanol–water partition coefficient (Wildman–Crippen LogP) is 15.7. The largest absolute Gasteiger partial charge is 0.458 e. The molecule has 0 atom stereocenters. The van der Waals surface area contributed by atoms with Crippen molar-refractivity contribution in [3.05, 3.63) is 260 Å². The smallest absolute Gasteiger partial charge is 0.268 e. The van der Waals surface area contributed by atoms with Gasteiger partial charge >= 0.3 is 0 Å². The van der Waals surface area contributed by atoms with Gasteiger partial charge in [0.2, 0.25) is 0 Å². The number of ether oxygens (including phenoxy) is 5. The molecule has 6 aliphatic rings. The Kier molecular flexibility index (Phi) is 11.9. The molecule has 2 aromatic heterocycles. The second kappa shape index (κ2) is 20.6. The summed E-state index contributed by atoms with van der Waals surface area (Å²) in [6, 6.07) is 71.0. The Morgan fingerprint density at radius 2 is 0.821 bits per heavy atom. The number of halogens is 4. The number of anilines is 8. The molecule has 0 saturated heterocycles. The first-order valence-electron chi connectivity index (χ1n) is 30.8. The van der Waals surface area contributed by atoms with E-state index in [-0.39, 0.29) is 11.4 Å². The van der Waals surface area contributed by atoms with Gasteiger partial charge in [-0.25, -0.2) is 22.6 Å². The second-order valence-corrected chi connectivity index (χ2v) is 27.3. The van der Waals surface area contributed by atoms with Crippen LogP contribution in [0.15, 0.2) is 246 Å². The predicted molar refractivity (Wildman–Crippen MR) is 374 cm³/mol. The Hall–Kier alpha value is -10.8. The first-order valence-corrected chi connectivity index (χ1v) is 33.2. The zero-order valence-corrected chi connectivity index (χ0v) is 51.8. The summed E-state index contributed by atoms with van der Waals surface area (Å²) in [4.78, 5) is 5.17. The molecule has 20 rings (SSSR count). The molecule has 0 aliphatic carbocycles. The number of para-hydroxylation sites is 5. The summed E-state index contributed by atoms with van der Waals surface area (Å²) in [6.45, 7) is -1.83. The van der Waals surface area contributed by atoms with Crippen molar-refractivity contribution in [3.63, 3.8) is 0 Å². The van der Waals surface area contributed by atoms with E-state index in [9.17, 15) is 5.21 Å². The number of nitrogens with zero attached hydrogens (tertiary/aromatic N) is 3. The first kappa shape index (κ1) is 54.7. The molecule has 6 aliphatic heterocycles. The Labute approximate surface area is 553 Å². The zero-order chi connectivity index (χ0) is 63.1. The van der Waals surface area contributed by atoms with E-state index in [1.54, 1.807) is 62.4 Å². The standard InChI is InChI=1S/C76H40B3F4N3O6S3/c80-52-24-14-25-53(81)71(52)84-56-38-58-50(36-48(56)78-68-59(84)30-43(88-40-16-4-1-5-17-40)34-64(68)92-73-46-22-10-12-28-65(46)94-75(73)78)77-51-37-49-57(39-62(51)91-63-33-44(32-61(69(63)77)86(58)87)89-41-18-6-2-7-19-41)85(72-54(82)26-15-27-55(72)83)60-31-45(90-42-20-8-3-9-21-42)35-67-70(60)79(49)76-74(93-67)47-23-11-13-29-66(47)95-76/h1-39,87H. The van der Waals surface area contributed by atoms with Gasteiger partial charge in [-0.1, -0.05) is 121 Å². The van der Waals surface area contributed by atoms with Crippen LogP contribution in [0.4, 0.5) is 63.1 Å². The van der Waals surface area contributed by atoms with Crippen LogP contribution in [-0.4, -0.2) is 25.3 Å². The van der Waals surface area contributed by atoms with Crippen LogP contribution in [0.3, 0.4) is 0 Å². The van der Waals surface area contributed by atoms with Gasteiger partial charge in [0.05, 0.1) is 11.4 Å². The fraction of sp³-hybridized carbons (Fsp3) is 0. The van der Waals surface area contributed by atoms with E-state index in [4.69, 9.17) is 23.7 Å². The average Bonchev–Trinajstić information content (AvgIpc) is 1.57. The van der Waals surface area contributed by atoms with Gasteiger partial charge in [-0.15, -0.1) is 22.7 Å². The highest BCUT2D eigenvalue weighted by Crippen LogP contribution is 2.52. The van der Waals surface area contributed by atoms with Crippen molar-refractivity contribution in [2.45, 2.75) is 9.79 Å². The maximum atomic E-state index is 17.2. The summed E-state index contributed by atoms with van der Waals surface area (Å²) >= 11 is 4.88. The molecule has 0 unspecified atom stereocenters. The van der Waals surface area contributed by atoms with Crippen LogP contribution in [0, 0.1) is 23.3 Å². The molecule has 14 aromatic rings. The molecule has 0 amide bonds. The Balaban J connectivity index is 0.869. The van der Waals surface area contributed by atoms with E-state index < -0.39 is 43.4 Å². The first-order chi connectivity index (χ1) is 46.6. The van der Waals surface area contributed by atoms with E-state index in [1.807, 2.05) is 152 Å². The van der Waals surface area contributed by atoms with Gasteiger partial charge in [0.1, 0.15) is 92.1 Å². The molecule has 8 heterocycles. The average molecular weight is 1300 g/mol. The zero-order valence-electron chi connectivity index (χ0n) is 49.3. The van der Waals surface area contributed by atoms with Crippen LogP contribution >= 0.6 is 34.4 Å². The van der Waals surface area contributed by atoms with Crippen LogP contribution in [0.1, 0.15) is 0 Å². The van der Waals surface area contributed by atoms with Crippen LogP contribution in [0.2, 0.25) is 0 Å². The van der Waals surface area contributed by atoms with Crippen molar-refractivity contribution in [2.75, 3.05) is 14.9 Å². The minimum absolute atomic E-state index is 0.285. The minimum atomic E-state index is -0.826. The number of fused-ring (bicyclic) bond motifs is 16. The molecular formula is C76H40B3F4N3O6S3. The van der Waals surface area contributed by atoms with Crippen molar-refractivity contribution in [1.29, 1.82) is 0 Å². The van der Waals surface area contributed by atoms with Crippen molar-refractivity contribution >= 4 is 168 Å². The van der Waals surface area contributed by atoms with Crippen molar-refractivity contribution < 1.29 is 46.5 Å². The third-order valence-corrected chi connectivity index (χ3v) is 22.5. The normalized spacial score (nSPS) is 13.7. The molecule has 19 heteroatoms. The minimum Gasteiger partial charge on any atom is -0.458 e. The van der Waals surface area contributed by atoms with E-state index >= 15 is 17.6 Å². The number of hydrogen-bond donors (Lipinski definition) is 1. The molecular weight excluding hydrogens is 1260 g/mol. The Morgan fingerprint density at radius 3 is 1.43 bits per heavy atom. The van der Waals surface area contributed by atoms with Gasteiger partial charge in [-0.05, 0) is 134 Å². The van der Waals surface area contributed by atoms with Crippen LogP contribution < -0.4 is 86.3 Å². The van der Waals surface area contributed by atoms with Crippen LogP contribution in [0.25, 0.3) is 20.2 Å². The molecule has 0 bridgehead atoms. The van der Waals surface area contributed by atoms with Gasteiger partial charge < -0.3 is 33.5 Å². The highest BCUT2D eigenvalue weighted by atomic mass is 32.2. The number of thiophene rings is 2. The highest BCUT2D eigenvalue weighted by Gasteiger charge is 2.51. The molecule has 9 nitrogen and oxygen atoms in total. The molecule has 0 spiro atoms. The SMILES string of the molecule is ON1c2cc3c(cc2B2c4cc5c(cc4Oc4cc(Oc6ccccc6)cc1c42)N(c1c(F)cccc1F)c1cc(Oc2ccccc2)cc2c1B5c1sc4ccccc4c1S2)B1c2sc4ccccc4c2Oc2cc(Oc4ccccc4)cc(c21)N3c1c(F)cccc1F. The van der Waals surface area contributed by atoms with Crippen molar-refractivity contribution in [1.82, 2.24) is 0 Å². The third-order valence-electron chi connectivity index (χ3n) is 18.7. The lowest BCUT2D eigenvalue weighted by atomic mass is 9.31. The maximum absolute atomic E-state index is 17.2. The Bertz CT molecular complexity index is 5630. The second-order valence-electron chi connectivity index (χ2n) is 24.0. The number of hydrogen-bond acceptors (Lipinski definition) is 12. The van der Waals surface area contributed by atoms with E-state index in [0.717, 1.165) is 55.5 Å². The molecule has 12 aromatic carbocycles. The molecule has 0 fully saturated rings.